The Morgan fingerprint density at radius 1 is 0.850 bits per heavy atom. The predicted molar refractivity (Wildman–Crippen MR) is 88.3 cm³/mol. The van der Waals surface area contributed by atoms with Crippen LogP contribution < -0.4 is 0 Å². The quantitative estimate of drug-likeness (QED) is 0.301. The fraction of sp³-hybridized carbons (Fsp3) is 0.765. The third-order valence-corrected chi connectivity index (χ3v) is 4.06. The molecule has 0 atom stereocenters. The minimum Gasteiger partial charge on any atom is -0.467 e. The lowest BCUT2D eigenvalue weighted by Crippen LogP contribution is -1.94. The fourth-order valence-corrected chi connectivity index (χ4v) is 2.68. The molecule has 0 unspecified atom stereocenters. The van der Waals surface area contributed by atoms with Crippen LogP contribution in [0.25, 0.3) is 0 Å². The van der Waals surface area contributed by atoms with Crippen LogP contribution in [0.3, 0.4) is 0 Å². The smallest absolute Gasteiger partial charge is 0.129 e. The minimum atomic E-state index is 0.612. The summed E-state index contributed by atoms with van der Waals surface area (Å²) >= 11 is 3.47. The number of hydrogen-bond acceptors (Lipinski definition) is 2. The molecular weight excluding hydrogens is 316 g/mol. The molecule has 0 N–H and O–H groups in total. The normalized spacial score (nSPS) is 11.1. The Labute approximate surface area is 132 Å². The standard InChI is InChI=1S/C17H29BrO2/c18-13-9-7-5-3-1-2-4-6-8-10-14-19-16-17-12-11-15-20-17/h11-12,15H,1-10,13-14,16H2. The third-order valence-electron chi connectivity index (χ3n) is 3.50. The van der Waals surface area contributed by atoms with Gasteiger partial charge in [-0.2, -0.15) is 0 Å². The average Bonchev–Trinajstić information content (AvgIpc) is 2.97. The van der Waals surface area contributed by atoms with Gasteiger partial charge in [-0.25, -0.2) is 0 Å². The van der Waals surface area contributed by atoms with Crippen LogP contribution in [0.5, 0.6) is 0 Å². The molecule has 0 aromatic carbocycles. The number of ether oxygens (including phenoxy) is 1. The highest BCUT2D eigenvalue weighted by Gasteiger charge is 1.96. The van der Waals surface area contributed by atoms with Crippen LogP contribution in [0.2, 0.25) is 0 Å². The van der Waals surface area contributed by atoms with Crippen LogP contribution in [0, 0.1) is 0 Å². The Morgan fingerprint density at radius 3 is 2.00 bits per heavy atom. The van der Waals surface area contributed by atoms with Gasteiger partial charge in [-0.3, -0.25) is 0 Å². The van der Waals surface area contributed by atoms with E-state index in [1.165, 1.54) is 64.2 Å². The fourth-order valence-electron chi connectivity index (χ4n) is 2.28. The van der Waals surface area contributed by atoms with E-state index in [1.54, 1.807) is 6.26 Å². The molecule has 0 radical (unpaired) electrons. The summed E-state index contributed by atoms with van der Waals surface area (Å²) < 4.78 is 10.8. The van der Waals surface area contributed by atoms with E-state index in [0.717, 1.165) is 17.7 Å². The molecule has 20 heavy (non-hydrogen) atoms. The summed E-state index contributed by atoms with van der Waals surface area (Å²) in [6.07, 6.45) is 15.3. The first-order valence-corrected chi connectivity index (χ1v) is 9.21. The third kappa shape index (κ3) is 10.5. The van der Waals surface area contributed by atoms with Gasteiger partial charge in [-0.05, 0) is 25.0 Å². The van der Waals surface area contributed by atoms with Crippen molar-refractivity contribution in [2.45, 2.75) is 70.8 Å². The zero-order valence-corrected chi connectivity index (χ0v) is 14.2. The van der Waals surface area contributed by atoms with Gasteiger partial charge in [0, 0.05) is 11.9 Å². The molecule has 0 fully saturated rings. The van der Waals surface area contributed by atoms with Crippen molar-refractivity contribution >= 4 is 15.9 Å². The van der Waals surface area contributed by atoms with E-state index in [1.807, 2.05) is 12.1 Å². The molecule has 0 amide bonds. The zero-order valence-electron chi connectivity index (χ0n) is 12.6. The van der Waals surface area contributed by atoms with Gasteiger partial charge in [-0.15, -0.1) is 0 Å². The number of halogens is 1. The van der Waals surface area contributed by atoms with E-state index >= 15 is 0 Å². The molecule has 116 valence electrons. The van der Waals surface area contributed by atoms with Crippen LogP contribution in [0.15, 0.2) is 22.8 Å². The molecule has 1 rings (SSSR count). The Balaban J connectivity index is 1.70. The largest absolute Gasteiger partial charge is 0.467 e. The van der Waals surface area contributed by atoms with Crippen molar-refractivity contribution in [3.05, 3.63) is 24.2 Å². The molecule has 0 spiro atoms. The van der Waals surface area contributed by atoms with Crippen LogP contribution in [0.4, 0.5) is 0 Å². The monoisotopic (exact) mass is 344 g/mol. The molecule has 1 aromatic rings. The maximum atomic E-state index is 5.56. The second kappa shape index (κ2) is 13.7. The minimum absolute atomic E-state index is 0.612. The van der Waals surface area contributed by atoms with Crippen molar-refractivity contribution in [1.29, 1.82) is 0 Å². The molecule has 0 bridgehead atoms. The van der Waals surface area contributed by atoms with Gasteiger partial charge in [-0.1, -0.05) is 67.3 Å². The van der Waals surface area contributed by atoms with Gasteiger partial charge in [0.05, 0.1) is 6.26 Å². The van der Waals surface area contributed by atoms with Crippen LogP contribution >= 0.6 is 15.9 Å². The molecular formula is C17H29BrO2. The van der Waals surface area contributed by atoms with Gasteiger partial charge in [0.1, 0.15) is 12.4 Å². The van der Waals surface area contributed by atoms with E-state index in [2.05, 4.69) is 15.9 Å². The summed E-state index contributed by atoms with van der Waals surface area (Å²) in [5.41, 5.74) is 0. The molecule has 2 nitrogen and oxygen atoms in total. The Bertz CT molecular complexity index is 285. The number of unbranched alkanes of at least 4 members (excludes halogenated alkanes) is 9. The summed E-state index contributed by atoms with van der Waals surface area (Å²) in [6, 6.07) is 3.86. The number of hydrogen-bond donors (Lipinski definition) is 0. The maximum absolute atomic E-state index is 5.56. The van der Waals surface area contributed by atoms with Gasteiger partial charge < -0.3 is 9.15 Å². The van der Waals surface area contributed by atoms with E-state index in [4.69, 9.17) is 9.15 Å². The highest BCUT2D eigenvalue weighted by atomic mass is 79.9. The molecule has 0 saturated heterocycles. The summed E-state index contributed by atoms with van der Waals surface area (Å²) in [5, 5.41) is 1.16. The lowest BCUT2D eigenvalue weighted by Gasteiger charge is -2.03. The van der Waals surface area contributed by atoms with E-state index in [0.29, 0.717) is 6.61 Å². The van der Waals surface area contributed by atoms with Gasteiger partial charge in [0.15, 0.2) is 0 Å². The zero-order chi connectivity index (χ0) is 14.3. The average molecular weight is 345 g/mol. The van der Waals surface area contributed by atoms with Crippen molar-refractivity contribution in [3.63, 3.8) is 0 Å². The molecule has 1 aromatic heterocycles. The number of rotatable bonds is 14. The van der Waals surface area contributed by atoms with Crippen LogP contribution in [0.1, 0.15) is 70.0 Å². The molecule has 0 aliphatic carbocycles. The Morgan fingerprint density at radius 2 is 1.45 bits per heavy atom. The van der Waals surface area contributed by atoms with Crippen molar-refractivity contribution < 1.29 is 9.15 Å². The first-order chi connectivity index (χ1) is 9.93. The number of furan rings is 1. The van der Waals surface area contributed by atoms with Crippen molar-refractivity contribution in [2.75, 3.05) is 11.9 Å². The van der Waals surface area contributed by atoms with Crippen LogP contribution in [-0.2, 0) is 11.3 Å². The summed E-state index contributed by atoms with van der Waals surface area (Å²) in [4.78, 5) is 0. The van der Waals surface area contributed by atoms with Gasteiger partial charge in [0.2, 0.25) is 0 Å². The van der Waals surface area contributed by atoms with Gasteiger partial charge in [0.25, 0.3) is 0 Å². The SMILES string of the molecule is BrCCCCCCCCCCCCOCc1ccco1. The molecule has 1 heterocycles. The van der Waals surface area contributed by atoms with Gasteiger partial charge >= 0.3 is 0 Å². The lowest BCUT2D eigenvalue weighted by molar-refractivity contribution is 0.102. The maximum Gasteiger partial charge on any atom is 0.129 e. The molecule has 0 saturated carbocycles. The topological polar surface area (TPSA) is 22.4 Å². The highest BCUT2D eigenvalue weighted by molar-refractivity contribution is 9.09. The van der Waals surface area contributed by atoms with Crippen molar-refractivity contribution in [1.82, 2.24) is 0 Å². The summed E-state index contributed by atoms with van der Waals surface area (Å²) in [5.74, 6) is 0.921. The molecule has 0 aliphatic heterocycles. The Hall–Kier alpha value is -0.280. The first-order valence-electron chi connectivity index (χ1n) is 8.09. The highest BCUT2D eigenvalue weighted by Crippen LogP contribution is 2.11. The van der Waals surface area contributed by atoms with Crippen molar-refractivity contribution in [3.8, 4) is 0 Å². The van der Waals surface area contributed by atoms with Crippen molar-refractivity contribution in [2.24, 2.45) is 0 Å². The Kier molecular flexibility index (Phi) is 12.2. The predicted octanol–water partition coefficient (Wildman–Crippen LogP) is 6.09. The van der Waals surface area contributed by atoms with E-state index in [9.17, 15) is 0 Å². The second-order valence-electron chi connectivity index (χ2n) is 5.36. The first kappa shape index (κ1) is 17.8. The summed E-state index contributed by atoms with van der Waals surface area (Å²) in [7, 11) is 0. The molecule has 3 heteroatoms. The van der Waals surface area contributed by atoms with E-state index < -0.39 is 0 Å². The molecule has 0 aliphatic rings. The van der Waals surface area contributed by atoms with E-state index in [-0.39, 0.29) is 0 Å². The number of alkyl halides is 1. The lowest BCUT2D eigenvalue weighted by atomic mass is 10.1. The summed E-state index contributed by atoms with van der Waals surface area (Å²) in [6.45, 7) is 1.47. The van der Waals surface area contributed by atoms with Crippen LogP contribution in [-0.4, -0.2) is 11.9 Å². The second-order valence-corrected chi connectivity index (χ2v) is 6.15.